The first-order valence-corrected chi connectivity index (χ1v) is 14.7. The molecule has 0 bridgehead atoms. The predicted octanol–water partition coefficient (Wildman–Crippen LogP) is 8.28. The molecule has 0 aromatic heterocycles. The molecule has 0 saturated carbocycles. The van der Waals surface area contributed by atoms with Gasteiger partial charge >= 0.3 is 24.7 Å². The van der Waals surface area contributed by atoms with Gasteiger partial charge in [-0.15, -0.1) is 0 Å². The van der Waals surface area contributed by atoms with Crippen molar-refractivity contribution in [3.63, 3.8) is 0 Å². The van der Waals surface area contributed by atoms with Gasteiger partial charge in [-0.05, 0) is 59.5 Å². The van der Waals surface area contributed by atoms with Crippen molar-refractivity contribution in [3.8, 4) is 0 Å². The minimum absolute atomic E-state index is 0.143. The number of carbonyl (C=O) groups excluding carboxylic acids is 4. The van der Waals surface area contributed by atoms with Crippen molar-refractivity contribution in [2.45, 2.75) is 42.0 Å². The molecule has 1 N–H and O–H groups in total. The summed E-state index contributed by atoms with van der Waals surface area (Å²) in [5.41, 5.74) is -17.6. The fraction of sp³-hybridized carbons (Fsp3) is 0.235. The maximum atomic E-state index is 14.9. The van der Waals surface area contributed by atoms with Crippen molar-refractivity contribution >= 4 is 29.3 Å². The van der Waals surface area contributed by atoms with Crippen LogP contribution in [0.4, 0.5) is 58.4 Å². The van der Waals surface area contributed by atoms with Gasteiger partial charge in [-0.1, -0.05) is 48.6 Å². The summed E-state index contributed by atoms with van der Waals surface area (Å²) >= 11 is 0. The third-order valence-corrected chi connectivity index (χ3v) is 9.35. The van der Waals surface area contributed by atoms with Gasteiger partial charge in [0.15, 0.2) is 5.41 Å². The third kappa shape index (κ3) is 4.97. The molecule has 3 aromatic carbocycles. The lowest BCUT2D eigenvalue weighted by Crippen LogP contribution is -2.58. The summed E-state index contributed by atoms with van der Waals surface area (Å²) < 4.78 is 176. The number of imide groups is 2. The zero-order valence-corrected chi connectivity index (χ0v) is 25.5. The van der Waals surface area contributed by atoms with Crippen LogP contribution >= 0.6 is 0 Å². The Kier molecular flexibility index (Phi) is 8.08. The fourth-order valence-corrected chi connectivity index (χ4v) is 6.99. The minimum atomic E-state index is -6.24. The molecule has 18 heteroatoms. The second-order valence-electron chi connectivity index (χ2n) is 12.0. The zero-order valence-electron chi connectivity index (χ0n) is 25.5. The monoisotopic (exact) mass is 746 g/mol. The first-order valence-electron chi connectivity index (χ1n) is 14.7. The molecule has 0 spiro atoms. The Hall–Kier alpha value is -5.42. The van der Waals surface area contributed by atoms with Gasteiger partial charge in [-0.3, -0.25) is 24.5 Å². The van der Waals surface area contributed by atoms with Crippen molar-refractivity contribution in [2.75, 3.05) is 4.90 Å². The van der Waals surface area contributed by atoms with Crippen molar-refractivity contribution in [1.82, 2.24) is 5.32 Å². The normalized spacial score (nSPS) is 18.2. The molecule has 0 radical (unpaired) electrons. The number of fused-ring (bicyclic) bond motifs is 2. The Morgan fingerprint density at radius 3 is 1.52 bits per heavy atom. The Morgan fingerprint density at radius 1 is 0.538 bits per heavy atom. The van der Waals surface area contributed by atoms with Crippen LogP contribution in [-0.2, 0) is 10.8 Å². The van der Waals surface area contributed by atoms with Crippen LogP contribution in [0.25, 0.3) is 0 Å². The summed E-state index contributed by atoms with van der Waals surface area (Å²) in [6.07, 6.45) is -20.9. The second-order valence-corrected chi connectivity index (χ2v) is 12.0. The van der Waals surface area contributed by atoms with E-state index < -0.39 is 116 Å². The van der Waals surface area contributed by atoms with Crippen LogP contribution in [0, 0.1) is 5.92 Å². The SMILES string of the molecule is O=C1NC(=O)c2cc(C(c3ccc4c(c3)C(=O)N(c3ccc(C(C5C=CC=CC5)(C(F)(F)F)C(F)(F)F)cc3)C4=O)(C(F)(F)F)C(F)(F)F)ccc21. The number of hydrogen-bond donors (Lipinski definition) is 1. The van der Waals surface area contributed by atoms with Gasteiger partial charge in [-0.2, -0.15) is 52.7 Å². The van der Waals surface area contributed by atoms with E-state index in [-0.39, 0.29) is 23.1 Å². The highest BCUT2D eigenvalue weighted by molar-refractivity contribution is 6.34. The van der Waals surface area contributed by atoms with Crippen LogP contribution in [0.5, 0.6) is 0 Å². The summed E-state index contributed by atoms with van der Waals surface area (Å²) in [7, 11) is 0. The van der Waals surface area contributed by atoms with E-state index in [0.29, 0.717) is 42.5 Å². The van der Waals surface area contributed by atoms with Crippen molar-refractivity contribution < 1.29 is 71.9 Å². The highest BCUT2D eigenvalue weighted by Gasteiger charge is 2.75. The van der Waals surface area contributed by atoms with Gasteiger partial charge in [0, 0.05) is 5.92 Å². The van der Waals surface area contributed by atoms with Gasteiger partial charge < -0.3 is 0 Å². The number of halogens is 12. The predicted molar refractivity (Wildman–Crippen MR) is 155 cm³/mol. The second kappa shape index (κ2) is 11.5. The Bertz CT molecular complexity index is 2060. The average molecular weight is 747 g/mol. The van der Waals surface area contributed by atoms with Gasteiger partial charge in [0.05, 0.1) is 27.9 Å². The summed E-state index contributed by atoms with van der Waals surface area (Å²) in [6, 6.07) is 3.93. The van der Waals surface area contributed by atoms with E-state index in [9.17, 15) is 71.9 Å². The van der Waals surface area contributed by atoms with Gasteiger partial charge in [-0.25, -0.2) is 4.90 Å². The standard InChI is InChI=1S/C34H18F12N2O4/c35-31(36,37)29(32(38,39)40,16-4-2-1-3-5-16)17-6-10-20(11-7-17)48-27(51)22-13-9-19(15-24(22)28(48)52)30(33(41,42)43,34(44,45)46)18-8-12-21-23(14-18)26(50)47-25(21)49/h1-4,6-16H,5H2,(H,47,49,50). The van der Waals surface area contributed by atoms with Crippen LogP contribution in [-0.4, -0.2) is 48.3 Å². The highest BCUT2D eigenvalue weighted by atomic mass is 19.4. The number of allylic oxidation sites excluding steroid dienone is 4. The van der Waals surface area contributed by atoms with E-state index >= 15 is 0 Å². The molecule has 4 amide bonds. The maximum Gasteiger partial charge on any atom is 0.411 e. The number of benzene rings is 3. The van der Waals surface area contributed by atoms with Crippen LogP contribution in [0.3, 0.4) is 0 Å². The molecule has 2 heterocycles. The van der Waals surface area contributed by atoms with Gasteiger partial charge in [0.25, 0.3) is 23.6 Å². The molecule has 272 valence electrons. The topological polar surface area (TPSA) is 83.6 Å². The molecule has 1 aliphatic carbocycles. The summed E-state index contributed by atoms with van der Waals surface area (Å²) in [5, 5.41) is 1.74. The van der Waals surface area contributed by atoms with E-state index in [1.807, 2.05) is 0 Å². The minimum Gasteiger partial charge on any atom is -0.288 e. The average Bonchev–Trinajstić information content (AvgIpc) is 3.45. The molecular formula is C34H18F12N2O4. The molecule has 0 saturated heterocycles. The van der Waals surface area contributed by atoms with E-state index in [1.165, 1.54) is 6.08 Å². The Balaban J connectivity index is 1.45. The van der Waals surface area contributed by atoms with E-state index in [2.05, 4.69) is 0 Å². The molecule has 3 aromatic rings. The number of carbonyl (C=O) groups is 4. The number of alkyl halides is 12. The molecule has 3 aliphatic rings. The Labute approximate surface area is 283 Å². The number of anilines is 1. The molecule has 1 atom stereocenters. The number of amides is 4. The molecule has 6 rings (SSSR count). The quantitative estimate of drug-likeness (QED) is 0.211. The first-order chi connectivity index (χ1) is 24.0. The van der Waals surface area contributed by atoms with Crippen LogP contribution in [0.1, 0.15) is 64.5 Å². The molecular weight excluding hydrogens is 728 g/mol. The van der Waals surface area contributed by atoms with Crippen molar-refractivity contribution in [1.29, 1.82) is 0 Å². The summed E-state index contributed by atoms with van der Waals surface area (Å²) in [4.78, 5) is 51.0. The molecule has 2 aliphatic heterocycles. The van der Waals surface area contributed by atoms with Crippen LogP contribution in [0.15, 0.2) is 85.0 Å². The number of rotatable bonds is 5. The molecule has 1 unspecified atom stereocenters. The van der Waals surface area contributed by atoms with Crippen molar-refractivity contribution in [3.05, 3.63) is 124 Å². The number of nitrogens with zero attached hydrogens (tertiary/aromatic N) is 1. The fourth-order valence-electron chi connectivity index (χ4n) is 6.99. The number of hydrogen-bond acceptors (Lipinski definition) is 4. The number of nitrogens with one attached hydrogen (secondary N) is 1. The zero-order chi connectivity index (χ0) is 38.4. The van der Waals surface area contributed by atoms with Crippen LogP contribution in [0.2, 0.25) is 0 Å². The van der Waals surface area contributed by atoms with E-state index in [1.54, 1.807) is 5.32 Å². The van der Waals surface area contributed by atoms with E-state index in [4.69, 9.17) is 0 Å². The van der Waals surface area contributed by atoms with Gasteiger partial charge in [0.1, 0.15) is 0 Å². The van der Waals surface area contributed by atoms with Crippen molar-refractivity contribution in [2.24, 2.45) is 5.92 Å². The molecule has 52 heavy (non-hydrogen) atoms. The lowest BCUT2D eigenvalue weighted by Gasteiger charge is -2.43. The Morgan fingerprint density at radius 2 is 1.02 bits per heavy atom. The van der Waals surface area contributed by atoms with Gasteiger partial charge in [0.2, 0.25) is 5.41 Å². The van der Waals surface area contributed by atoms with Crippen LogP contribution < -0.4 is 10.2 Å². The lowest BCUT2D eigenvalue weighted by molar-refractivity contribution is -0.314. The summed E-state index contributed by atoms with van der Waals surface area (Å²) in [5.74, 6) is -7.40. The largest absolute Gasteiger partial charge is 0.411 e. The lowest BCUT2D eigenvalue weighted by atomic mass is 9.66. The summed E-state index contributed by atoms with van der Waals surface area (Å²) in [6.45, 7) is 0. The molecule has 6 nitrogen and oxygen atoms in total. The first kappa shape index (κ1) is 36.4. The smallest absolute Gasteiger partial charge is 0.288 e. The van der Waals surface area contributed by atoms with E-state index in [0.717, 1.165) is 18.2 Å². The maximum absolute atomic E-state index is 14.9. The third-order valence-electron chi connectivity index (χ3n) is 9.35. The highest BCUT2D eigenvalue weighted by Crippen LogP contribution is 2.59. The molecule has 0 fully saturated rings.